The van der Waals surface area contributed by atoms with Crippen LogP contribution in [-0.2, 0) is 29.0 Å². The number of hydrogen-bond acceptors (Lipinski definition) is 5. The smallest absolute Gasteiger partial charge is 0.270 e. The van der Waals surface area contributed by atoms with E-state index in [9.17, 15) is 4.79 Å². The maximum atomic E-state index is 13.1. The van der Waals surface area contributed by atoms with E-state index in [1.807, 2.05) is 45.0 Å². The fourth-order valence-electron chi connectivity index (χ4n) is 3.59. The van der Waals surface area contributed by atoms with Crippen molar-refractivity contribution in [1.82, 2.24) is 15.1 Å². The van der Waals surface area contributed by atoms with Gasteiger partial charge in [0.2, 0.25) is 0 Å². The number of aromatic nitrogens is 2. The van der Waals surface area contributed by atoms with Crippen LogP contribution < -0.4 is 10.1 Å². The largest absolute Gasteiger partial charge is 0.494 e. The second-order valence-corrected chi connectivity index (χ2v) is 6.94. The van der Waals surface area contributed by atoms with Crippen LogP contribution in [0, 0.1) is 0 Å². The summed E-state index contributed by atoms with van der Waals surface area (Å²) in [5.41, 5.74) is 3.36. The number of fused-ring (bicyclic) bond motifs is 1. The molecule has 2 aromatic rings. The molecule has 2 heterocycles. The summed E-state index contributed by atoms with van der Waals surface area (Å²) in [5, 5.41) is 7.69. The highest BCUT2D eigenvalue weighted by atomic mass is 16.5. The minimum absolute atomic E-state index is 0.0489. The van der Waals surface area contributed by atoms with Gasteiger partial charge in [0, 0.05) is 31.2 Å². The average molecular weight is 387 g/mol. The van der Waals surface area contributed by atoms with E-state index < -0.39 is 0 Å². The Bertz CT molecular complexity index is 818. The van der Waals surface area contributed by atoms with E-state index in [0.717, 1.165) is 22.6 Å². The van der Waals surface area contributed by atoms with Gasteiger partial charge in [0.05, 0.1) is 37.7 Å². The van der Waals surface area contributed by atoms with Crippen molar-refractivity contribution in [2.45, 2.75) is 52.5 Å². The number of rotatable bonds is 8. The Balaban J connectivity index is 1.84. The van der Waals surface area contributed by atoms with E-state index in [1.165, 1.54) is 0 Å². The van der Waals surface area contributed by atoms with Gasteiger partial charge in [-0.05, 0) is 26.8 Å². The Labute approximate surface area is 166 Å². The van der Waals surface area contributed by atoms with Crippen molar-refractivity contribution in [2.24, 2.45) is 0 Å². The van der Waals surface area contributed by atoms with Gasteiger partial charge in [-0.3, -0.25) is 9.48 Å². The van der Waals surface area contributed by atoms with Crippen LogP contribution in [0.1, 0.15) is 54.2 Å². The highest BCUT2D eigenvalue weighted by Gasteiger charge is 2.32. The highest BCUT2D eigenvalue weighted by molar-refractivity contribution is 5.94. The number of para-hydroxylation sites is 1. The van der Waals surface area contributed by atoms with E-state index in [4.69, 9.17) is 14.2 Å². The number of amides is 1. The predicted molar refractivity (Wildman–Crippen MR) is 106 cm³/mol. The lowest BCUT2D eigenvalue weighted by molar-refractivity contribution is -0.00716. The van der Waals surface area contributed by atoms with Gasteiger partial charge in [-0.2, -0.15) is 5.10 Å². The molecule has 0 radical (unpaired) electrons. The van der Waals surface area contributed by atoms with Gasteiger partial charge < -0.3 is 19.5 Å². The zero-order valence-corrected chi connectivity index (χ0v) is 17.0. The first kappa shape index (κ1) is 20.4. The Kier molecular flexibility index (Phi) is 6.70. The minimum Gasteiger partial charge on any atom is -0.494 e. The molecule has 1 aliphatic heterocycles. The molecule has 1 aliphatic rings. The average Bonchev–Trinajstić information content (AvgIpc) is 3.04. The van der Waals surface area contributed by atoms with Crippen molar-refractivity contribution in [1.29, 1.82) is 0 Å². The van der Waals surface area contributed by atoms with Crippen molar-refractivity contribution in [3.05, 3.63) is 46.8 Å². The molecule has 0 spiro atoms. The van der Waals surface area contributed by atoms with Crippen molar-refractivity contribution in [2.75, 3.05) is 20.3 Å². The number of carbonyl (C=O) groups is 1. The van der Waals surface area contributed by atoms with Crippen LogP contribution in [-0.4, -0.2) is 42.1 Å². The Morgan fingerprint density at radius 3 is 2.89 bits per heavy atom. The van der Waals surface area contributed by atoms with Gasteiger partial charge in [0.25, 0.3) is 5.91 Å². The van der Waals surface area contributed by atoms with Crippen LogP contribution in [0.15, 0.2) is 24.3 Å². The number of benzene rings is 1. The number of nitrogens with zero attached hydrogens (tertiary/aromatic N) is 2. The third-order valence-electron chi connectivity index (χ3n) is 4.83. The second-order valence-electron chi connectivity index (χ2n) is 6.94. The van der Waals surface area contributed by atoms with E-state index in [2.05, 4.69) is 10.4 Å². The van der Waals surface area contributed by atoms with Crippen LogP contribution in [0.25, 0.3) is 0 Å². The number of carbonyl (C=O) groups excluding carboxylic acids is 1. The van der Waals surface area contributed by atoms with Gasteiger partial charge in [0.1, 0.15) is 11.4 Å². The summed E-state index contributed by atoms with van der Waals surface area (Å²) in [7, 11) is 1.64. The predicted octanol–water partition coefficient (Wildman–Crippen LogP) is 2.88. The molecule has 0 fully saturated rings. The summed E-state index contributed by atoms with van der Waals surface area (Å²) in [4.78, 5) is 13.1. The van der Waals surface area contributed by atoms with Crippen LogP contribution in [0.4, 0.5) is 0 Å². The molecule has 1 aromatic heterocycles. The number of hydrogen-bond donors (Lipinski definition) is 1. The van der Waals surface area contributed by atoms with E-state index >= 15 is 0 Å². The summed E-state index contributed by atoms with van der Waals surface area (Å²) in [6, 6.07) is 7.74. The van der Waals surface area contributed by atoms with Crippen LogP contribution in [0.2, 0.25) is 0 Å². The Morgan fingerprint density at radius 2 is 2.14 bits per heavy atom. The number of nitrogens with one attached hydrogen (secondary N) is 1. The lowest BCUT2D eigenvalue weighted by Gasteiger charge is -2.24. The summed E-state index contributed by atoms with van der Waals surface area (Å²) in [6.45, 7) is 7.91. The maximum Gasteiger partial charge on any atom is 0.270 e. The third kappa shape index (κ3) is 4.36. The molecule has 1 aromatic carbocycles. The molecular formula is C21H29N3O4. The molecule has 28 heavy (non-hydrogen) atoms. The fraction of sp³-hybridized carbons (Fsp3) is 0.524. The summed E-state index contributed by atoms with van der Waals surface area (Å²) in [5.74, 6) is 0.647. The van der Waals surface area contributed by atoms with Crippen molar-refractivity contribution >= 4 is 5.91 Å². The van der Waals surface area contributed by atoms with E-state index in [1.54, 1.807) is 11.8 Å². The van der Waals surface area contributed by atoms with Gasteiger partial charge >= 0.3 is 0 Å². The van der Waals surface area contributed by atoms with Crippen molar-refractivity contribution < 1.29 is 19.0 Å². The number of ether oxygens (including phenoxy) is 3. The van der Waals surface area contributed by atoms with E-state index in [0.29, 0.717) is 38.4 Å². The Hall–Kier alpha value is -2.38. The molecule has 2 atom stereocenters. The standard InChI is InChI=1S/C21H29N3O4/c1-5-27-18-9-7-6-8-16(18)13-22-21(25)20-17-12-14(2)28-15(3)19(17)23-24(20)10-11-26-4/h6-9,14-15H,5,10-13H2,1-4H3,(H,22,25)/t14-,15+/m1/s1. The third-order valence-corrected chi connectivity index (χ3v) is 4.83. The molecule has 1 amide bonds. The molecule has 0 unspecified atom stereocenters. The summed E-state index contributed by atoms with van der Waals surface area (Å²) >= 11 is 0. The lowest BCUT2D eigenvalue weighted by Crippen LogP contribution is -2.29. The quantitative estimate of drug-likeness (QED) is 0.754. The molecular weight excluding hydrogens is 358 g/mol. The van der Waals surface area contributed by atoms with Crippen LogP contribution in [0.5, 0.6) is 5.75 Å². The molecule has 0 saturated heterocycles. The first-order chi connectivity index (χ1) is 13.5. The van der Waals surface area contributed by atoms with Crippen LogP contribution in [0.3, 0.4) is 0 Å². The van der Waals surface area contributed by atoms with Gasteiger partial charge in [-0.25, -0.2) is 0 Å². The normalized spacial score (nSPS) is 18.6. The monoisotopic (exact) mass is 387 g/mol. The highest BCUT2D eigenvalue weighted by Crippen LogP contribution is 2.31. The molecule has 7 heteroatoms. The molecule has 7 nitrogen and oxygen atoms in total. The molecule has 0 saturated carbocycles. The van der Waals surface area contributed by atoms with Gasteiger partial charge in [-0.15, -0.1) is 0 Å². The summed E-state index contributed by atoms with van der Waals surface area (Å²) in [6.07, 6.45) is 0.589. The second kappa shape index (κ2) is 9.21. The Morgan fingerprint density at radius 1 is 1.36 bits per heavy atom. The van der Waals surface area contributed by atoms with Crippen LogP contribution >= 0.6 is 0 Å². The lowest BCUT2D eigenvalue weighted by atomic mass is 9.99. The summed E-state index contributed by atoms with van der Waals surface area (Å²) < 4.78 is 18.5. The van der Waals surface area contributed by atoms with Gasteiger partial charge in [-0.1, -0.05) is 18.2 Å². The zero-order valence-electron chi connectivity index (χ0n) is 17.0. The first-order valence-corrected chi connectivity index (χ1v) is 9.78. The SMILES string of the molecule is CCOc1ccccc1CNC(=O)c1c2c(nn1CCOC)[C@H](C)O[C@H](C)C2. The molecule has 0 bridgehead atoms. The molecule has 3 rings (SSSR count). The topological polar surface area (TPSA) is 74.6 Å². The van der Waals surface area contributed by atoms with Gasteiger partial charge in [0.15, 0.2) is 0 Å². The molecule has 152 valence electrons. The molecule has 0 aliphatic carbocycles. The minimum atomic E-state index is -0.141. The van der Waals surface area contributed by atoms with Crippen molar-refractivity contribution in [3.63, 3.8) is 0 Å². The first-order valence-electron chi connectivity index (χ1n) is 9.78. The maximum absolute atomic E-state index is 13.1. The van der Waals surface area contributed by atoms with E-state index in [-0.39, 0.29) is 18.1 Å². The molecule has 1 N–H and O–H groups in total. The zero-order chi connectivity index (χ0) is 20.1. The fourth-order valence-corrected chi connectivity index (χ4v) is 3.59. The number of methoxy groups -OCH3 is 1. The van der Waals surface area contributed by atoms with Crippen molar-refractivity contribution in [3.8, 4) is 5.75 Å².